The van der Waals surface area contributed by atoms with Crippen molar-refractivity contribution in [2.24, 2.45) is 0 Å². The van der Waals surface area contributed by atoms with E-state index in [2.05, 4.69) is 33.7 Å². The molecule has 0 fully saturated rings. The number of hydrogen-bond acceptors (Lipinski definition) is 4. The predicted octanol–water partition coefficient (Wildman–Crippen LogP) is 3.86. The Labute approximate surface area is 134 Å². The minimum Gasteiger partial charge on any atom is -0.494 e. The summed E-state index contributed by atoms with van der Waals surface area (Å²) >= 11 is 0. The van der Waals surface area contributed by atoms with Gasteiger partial charge in [0.15, 0.2) is 0 Å². The second-order valence-electron chi connectivity index (χ2n) is 5.28. The number of aromatic amines is 1. The minimum absolute atomic E-state index is 0.526. The van der Waals surface area contributed by atoms with E-state index in [-0.39, 0.29) is 0 Å². The van der Waals surface area contributed by atoms with Crippen LogP contribution in [0, 0.1) is 11.3 Å². The van der Waals surface area contributed by atoms with Gasteiger partial charge in [-0.3, -0.25) is 5.10 Å². The Bertz CT molecular complexity index is 819. The minimum atomic E-state index is 0.526. The summed E-state index contributed by atoms with van der Waals surface area (Å²) in [6, 6.07) is 16.2. The second-order valence-corrected chi connectivity index (χ2v) is 5.28. The molecule has 5 heteroatoms. The van der Waals surface area contributed by atoms with Crippen LogP contribution in [-0.4, -0.2) is 16.8 Å². The third-order valence-electron chi connectivity index (χ3n) is 3.54. The highest BCUT2D eigenvalue weighted by molar-refractivity contribution is 5.81. The summed E-state index contributed by atoms with van der Waals surface area (Å²) in [5, 5.41) is 20.0. The number of benzene rings is 2. The number of nitrogens with zero attached hydrogens (tertiary/aromatic N) is 2. The molecule has 0 aliphatic rings. The van der Waals surface area contributed by atoms with E-state index >= 15 is 0 Å². The SMILES string of the molecule is N#CCCCOc1cccc(CNc2ccc3[nH]ncc3c2)c1. The molecule has 23 heavy (non-hydrogen) atoms. The fourth-order valence-corrected chi connectivity index (χ4v) is 2.34. The van der Waals surface area contributed by atoms with Crippen molar-refractivity contribution in [1.29, 1.82) is 5.26 Å². The van der Waals surface area contributed by atoms with E-state index in [0.717, 1.165) is 40.9 Å². The van der Waals surface area contributed by atoms with Crippen molar-refractivity contribution in [2.45, 2.75) is 19.4 Å². The summed E-state index contributed by atoms with van der Waals surface area (Å²) in [7, 11) is 0. The Morgan fingerprint density at radius 1 is 1.22 bits per heavy atom. The lowest BCUT2D eigenvalue weighted by Crippen LogP contribution is -2.01. The summed E-state index contributed by atoms with van der Waals surface area (Å²) in [5.41, 5.74) is 3.23. The van der Waals surface area contributed by atoms with Gasteiger partial charge in [0.2, 0.25) is 0 Å². The molecule has 2 N–H and O–H groups in total. The van der Waals surface area contributed by atoms with E-state index in [0.29, 0.717) is 13.0 Å². The maximum Gasteiger partial charge on any atom is 0.119 e. The molecule has 3 rings (SSSR count). The Morgan fingerprint density at radius 2 is 2.17 bits per heavy atom. The van der Waals surface area contributed by atoms with Crippen molar-refractivity contribution in [1.82, 2.24) is 10.2 Å². The number of hydrogen-bond donors (Lipinski definition) is 2. The number of fused-ring (bicyclic) bond motifs is 1. The van der Waals surface area contributed by atoms with Crippen molar-refractivity contribution in [3.05, 3.63) is 54.2 Å². The average Bonchev–Trinajstić information content (AvgIpc) is 3.05. The van der Waals surface area contributed by atoms with Crippen molar-refractivity contribution >= 4 is 16.6 Å². The van der Waals surface area contributed by atoms with Gasteiger partial charge in [-0.15, -0.1) is 0 Å². The van der Waals surface area contributed by atoms with Crippen LogP contribution in [0.2, 0.25) is 0 Å². The van der Waals surface area contributed by atoms with Gasteiger partial charge in [0.05, 0.1) is 24.4 Å². The maximum atomic E-state index is 8.52. The normalized spacial score (nSPS) is 10.4. The Hall–Kier alpha value is -3.00. The van der Waals surface area contributed by atoms with E-state index in [1.165, 1.54) is 0 Å². The molecule has 5 nitrogen and oxygen atoms in total. The lowest BCUT2D eigenvalue weighted by Gasteiger charge is -2.09. The maximum absolute atomic E-state index is 8.52. The summed E-state index contributed by atoms with van der Waals surface area (Å²) in [4.78, 5) is 0. The van der Waals surface area contributed by atoms with Gasteiger partial charge in [0.25, 0.3) is 0 Å². The monoisotopic (exact) mass is 306 g/mol. The van der Waals surface area contributed by atoms with Crippen LogP contribution in [0.3, 0.4) is 0 Å². The standard InChI is InChI=1S/C18H18N4O/c19-8-1-2-9-23-17-5-3-4-14(10-17)12-20-16-6-7-18-15(11-16)13-21-22-18/h3-7,10-11,13,20H,1-2,9,12H2,(H,21,22). The highest BCUT2D eigenvalue weighted by atomic mass is 16.5. The van der Waals surface area contributed by atoms with E-state index < -0.39 is 0 Å². The average molecular weight is 306 g/mol. The third kappa shape index (κ3) is 4.01. The number of nitriles is 1. The topological polar surface area (TPSA) is 73.7 Å². The number of H-pyrrole nitrogens is 1. The Kier molecular flexibility index (Phi) is 4.75. The molecular formula is C18H18N4O. The zero-order chi connectivity index (χ0) is 15.9. The molecule has 0 amide bonds. The van der Waals surface area contributed by atoms with Gasteiger partial charge in [-0.05, 0) is 42.3 Å². The van der Waals surface area contributed by atoms with Crippen LogP contribution in [0.5, 0.6) is 5.75 Å². The van der Waals surface area contributed by atoms with E-state index in [1.807, 2.05) is 36.5 Å². The number of anilines is 1. The van der Waals surface area contributed by atoms with Crippen molar-refractivity contribution < 1.29 is 4.74 Å². The summed E-state index contributed by atoms with van der Waals surface area (Å²) in [6.07, 6.45) is 3.09. The second kappa shape index (κ2) is 7.32. The van der Waals surface area contributed by atoms with E-state index in [1.54, 1.807) is 0 Å². The molecule has 0 spiro atoms. The van der Waals surface area contributed by atoms with Gasteiger partial charge in [-0.1, -0.05) is 12.1 Å². The molecular weight excluding hydrogens is 288 g/mol. The molecule has 0 saturated heterocycles. The molecule has 2 aromatic carbocycles. The zero-order valence-electron chi connectivity index (χ0n) is 12.7. The van der Waals surface area contributed by atoms with Crippen LogP contribution in [0.1, 0.15) is 18.4 Å². The lowest BCUT2D eigenvalue weighted by atomic mass is 10.2. The van der Waals surface area contributed by atoms with Gasteiger partial charge in [-0.2, -0.15) is 10.4 Å². The van der Waals surface area contributed by atoms with Crippen LogP contribution in [-0.2, 0) is 6.54 Å². The van der Waals surface area contributed by atoms with Gasteiger partial charge in [0, 0.05) is 24.0 Å². The van der Waals surface area contributed by atoms with Crippen LogP contribution in [0.25, 0.3) is 10.9 Å². The summed E-state index contributed by atoms with van der Waals surface area (Å²) < 4.78 is 5.66. The smallest absolute Gasteiger partial charge is 0.119 e. The number of aromatic nitrogens is 2. The third-order valence-corrected chi connectivity index (χ3v) is 3.54. The summed E-state index contributed by atoms with van der Waals surface area (Å²) in [6.45, 7) is 1.29. The molecule has 0 aliphatic heterocycles. The fourth-order valence-electron chi connectivity index (χ4n) is 2.34. The molecule has 116 valence electrons. The first-order chi connectivity index (χ1) is 11.3. The Balaban J connectivity index is 1.58. The molecule has 0 saturated carbocycles. The highest BCUT2D eigenvalue weighted by Gasteiger charge is 2.00. The first kappa shape index (κ1) is 14.9. The molecule has 1 heterocycles. The van der Waals surface area contributed by atoms with Crippen molar-refractivity contribution in [2.75, 3.05) is 11.9 Å². The molecule has 0 radical (unpaired) electrons. The quantitative estimate of drug-likeness (QED) is 0.650. The highest BCUT2D eigenvalue weighted by Crippen LogP contribution is 2.19. The Morgan fingerprint density at radius 3 is 3.09 bits per heavy atom. The summed E-state index contributed by atoms with van der Waals surface area (Å²) in [5.74, 6) is 0.840. The van der Waals surface area contributed by atoms with Gasteiger partial charge < -0.3 is 10.1 Å². The molecule has 0 unspecified atom stereocenters. The van der Waals surface area contributed by atoms with Crippen LogP contribution >= 0.6 is 0 Å². The van der Waals surface area contributed by atoms with Crippen LogP contribution in [0.15, 0.2) is 48.7 Å². The fraction of sp³-hybridized carbons (Fsp3) is 0.222. The molecule has 3 aromatic rings. The van der Waals surface area contributed by atoms with Crippen molar-refractivity contribution in [3.63, 3.8) is 0 Å². The number of rotatable bonds is 7. The van der Waals surface area contributed by atoms with E-state index in [4.69, 9.17) is 10.00 Å². The first-order valence-electron chi connectivity index (χ1n) is 7.61. The number of nitrogens with one attached hydrogen (secondary N) is 2. The van der Waals surface area contributed by atoms with Crippen molar-refractivity contribution in [3.8, 4) is 11.8 Å². The predicted molar refractivity (Wildman–Crippen MR) is 90.2 cm³/mol. The molecule has 0 atom stereocenters. The largest absolute Gasteiger partial charge is 0.494 e. The van der Waals surface area contributed by atoms with Gasteiger partial charge in [0.1, 0.15) is 5.75 Å². The molecule has 0 bridgehead atoms. The van der Waals surface area contributed by atoms with Crippen LogP contribution in [0.4, 0.5) is 5.69 Å². The number of unbranched alkanes of at least 4 members (excludes halogenated alkanes) is 1. The van der Waals surface area contributed by atoms with Gasteiger partial charge >= 0.3 is 0 Å². The van der Waals surface area contributed by atoms with Crippen LogP contribution < -0.4 is 10.1 Å². The lowest BCUT2D eigenvalue weighted by molar-refractivity contribution is 0.312. The van der Waals surface area contributed by atoms with E-state index in [9.17, 15) is 0 Å². The molecule has 1 aromatic heterocycles. The van der Waals surface area contributed by atoms with Gasteiger partial charge in [-0.25, -0.2) is 0 Å². The zero-order valence-corrected chi connectivity index (χ0v) is 12.7. The number of ether oxygens (including phenoxy) is 1. The first-order valence-corrected chi connectivity index (χ1v) is 7.61. The molecule has 0 aliphatic carbocycles.